The first-order valence-corrected chi connectivity index (χ1v) is 6.19. The van der Waals surface area contributed by atoms with Crippen molar-refractivity contribution in [3.63, 3.8) is 0 Å². The highest BCUT2D eigenvalue weighted by atomic mass is 19.1. The molecule has 0 saturated heterocycles. The van der Waals surface area contributed by atoms with E-state index in [1.54, 1.807) is 13.2 Å². The van der Waals surface area contributed by atoms with Crippen LogP contribution in [0.4, 0.5) is 4.39 Å². The monoisotopic (exact) mass is 237 g/mol. The zero-order valence-corrected chi connectivity index (χ0v) is 10.4. The molecule has 0 amide bonds. The molecule has 2 nitrogen and oxygen atoms in total. The molecule has 0 spiro atoms. The van der Waals surface area contributed by atoms with Gasteiger partial charge in [0.2, 0.25) is 0 Å². The minimum atomic E-state index is -0.126. The van der Waals surface area contributed by atoms with Crippen molar-refractivity contribution < 1.29 is 9.13 Å². The number of hydrogen-bond acceptors (Lipinski definition) is 2. The fraction of sp³-hybridized carbons (Fsp3) is 0.571. The number of methoxy groups -OCH3 is 1. The molecule has 1 saturated carbocycles. The first kappa shape index (κ1) is 12.5. The Kier molecular flexibility index (Phi) is 4.13. The molecule has 0 bridgehead atoms. The Hall–Kier alpha value is -0.930. The normalized spacial score (nSPS) is 19.0. The molecule has 0 radical (unpaired) electrons. The van der Waals surface area contributed by atoms with Gasteiger partial charge >= 0.3 is 0 Å². The molecule has 94 valence electrons. The lowest BCUT2D eigenvalue weighted by atomic mass is 9.98. The van der Waals surface area contributed by atoms with Gasteiger partial charge < -0.3 is 10.1 Å². The SMILES string of the molecule is CNC(Cc1ccccc1F)C(OC)C1CC1. The number of nitrogens with one attached hydrogen (secondary N) is 1. The van der Waals surface area contributed by atoms with E-state index in [0.717, 1.165) is 5.56 Å². The molecule has 2 atom stereocenters. The lowest BCUT2D eigenvalue weighted by molar-refractivity contribution is 0.0532. The first-order chi connectivity index (χ1) is 8.26. The zero-order valence-electron chi connectivity index (χ0n) is 10.4. The van der Waals surface area contributed by atoms with Crippen molar-refractivity contribution >= 4 is 0 Å². The van der Waals surface area contributed by atoms with Gasteiger partial charge in [0, 0.05) is 13.2 Å². The Morgan fingerprint density at radius 1 is 1.41 bits per heavy atom. The van der Waals surface area contributed by atoms with E-state index >= 15 is 0 Å². The van der Waals surface area contributed by atoms with Crippen molar-refractivity contribution in [3.8, 4) is 0 Å². The summed E-state index contributed by atoms with van der Waals surface area (Å²) in [4.78, 5) is 0. The van der Waals surface area contributed by atoms with Crippen LogP contribution < -0.4 is 5.32 Å². The summed E-state index contributed by atoms with van der Waals surface area (Å²) >= 11 is 0. The van der Waals surface area contributed by atoms with Crippen molar-refractivity contribution in [2.45, 2.75) is 31.4 Å². The van der Waals surface area contributed by atoms with E-state index in [0.29, 0.717) is 12.3 Å². The van der Waals surface area contributed by atoms with Gasteiger partial charge in [0.15, 0.2) is 0 Å². The maximum absolute atomic E-state index is 13.6. The molecule has 1 aromatic rings. The second-order valence-corrected chi connectivity index (χ2v) is 4.73. The van der Waals surface area contributed by atoms with Crippen LogP contribution in [0.2, 0.25) is 0 Å². The van der Waals surface area contributed by atoms with Crippen molar-refractivity contribution in [3.05, 3.63) is 35.6 Å². The number of rotatable bonds is 6. The minimum Gasteiger partial charge on any atom is -0.380 e. The maximum atomic E-state index is 13.6. The largest absolute Gasteiger partial charge is 0.380 e. The van der Waals surface area contributed by atoms with E-state index < -0.39 is 0 Å². The Labute approximate surface area is 102 Å². The molecule has 0 aromatic heterocycles. The molecule has 1 aromatic carbocycles. The summed E-state index contributed by atoms with van der Waals surface area (Å²) in [5.41, 5.74) is 0.759. The highest BCUT2D eigenvalue weighted by Gasteiger charge is 2.36. The molecule has 2 unspecified atom stereocenters. The highest BCUT2D eigenvalue weighted by Crippen LogP contribution is 2.36. The third kappa shape index (κ3) is 3.05. The summed E-state index contributed by atoms with van der Waals surface area (Å²) in [7, 11) is 3.66. The standard InChI is InChI=1S/C14H20FNO/c1-16-13(14(17-2)10-7-8-10)9-11-5-3-4-6-12(11)15/h3-6,10,13-14,16H,7-9H2,1-2H3. The third-order valence-electron chi connectivity index (χ3n) is 3.52. The number of ether oxygens (including phenoxy) is 1. The van der Waals surface area contributed by atoms with Crippen molar-refractivity contribution in [1.29, 1.82) is 0 Å². The van der Waals surface area contributed by atoms with Crippen molar-refractivity contribution in [1.82, 2.24) is 5.32 Å². The van der Waals surface area contributed by atoms with Crippen LogP contribution in [0.3, 0.4) is 0 Å². The van der Waals surface area contributed by atoms with Gasteiger partial charge in [-0.3, -0.25) is 0 Å². The molecule has 1 aliphatic rings. The van der Waals surface area contributed by atoms with E-state index in [-0.39, 0.29) is 18.0 Å². The van der Waals surface area contributed by atoms with Gasteiger partial charge in [0.1, 0.15) is 5.82 Å². The molecule has 1 fully saturated rings. The van der Waals surface area contributed by atoms with Crippen LogP contribution in [0.1, 0.15) is 18.4 Å². The lowest BCUT2D eigenvalue weighted by Gasteiger charge is -2.26. The highest BCUT2D eigenvalue weighted by molar-refractivity contribution is 5.19. The summed E-state index contributed by atoms with van der Waals surface area (Å²) in [5.74, 6) is 0.516. The smallest absolute Gasteiger partial charge is 0.126 e. The van der Waals surface area contributed by atoms with Crippen LogP contribution in [-0.2, 0) is 11.2 Å². The van der Waals surface area contributed by atoms with E-state index in [9.17, 15) is 4.39 Å². The van der Waals surface area contributed by atoms with Crippen LogP contribution in [0.25, 0.3) is 0 Å². The van der Waals surface area contributed by atoms with Gasteiger partial charge in [0.05, 0.1) is 6.10 Å². The first-order valence-electron chi connectivity index (χ1n) is 6.19. The summed E-state index contributed by atoms with van der Waals surface area (Å²) in [5, 5.41) is 3.26. The van der Waals surface area contributed by atoms with Gasteiger partial charge in [0.25, 0.3) is 0 Å². The topological polar surface area (TPSA) is 21.3 Å². The van der Waals surface area contributed by atoms with Gasteiger partial charge in [-0.2, -0.15) is 0 Å². The third-order valence-corrected chi connectivity index (χ3v) is 3.52. The van der Waals surface area contributed by atoms with Crippen molar-refractivity contribution in [2.24, 2.45) is 5.92 Å². The molecular formula is C14H20FNO. The Morgan fingerprint density at radius 3 is 2.65 bits per heavy atom. The van der Waals surface area contributed by atoms with Crippen molar-refractivity contribution in [2.75, 3.05) is 14.2 Å². The number of likely N-dealkylation sites (N-methyl/N-ethyl adjacent to an activating group) is 1. The second-order valence-electron chi connectivity index (χ2n) is 4.73. The van der Waals surface area contributed by atoms with Crippen LogP contribution >= 0.6 is 0 Å². The number of halogens is 1. The molecule has 2 rings (SSSR count). The van der Waals surface area contributed by atoms with Gasteiger partial charge in [-0.05, 0) is 43.9 Å². The molecule has 1 aliphatic carbocycles. The Bertz CT molecular complexity index is 365. The molecule has 17 heavy (non-hydrogen) atoms. The minimum absolute atomic E-state index is 0.126. The number of hydrogen-bond donors (Lipinski definition) is 1. The summed E-state index contributed by atoms with van der Waals surface area (Å²) in [6.07, 6.45) is 3.33. The molecule has 0 aliphatic heterocycles. The predicted octanol–water partition coefficient (Wildman–Crippen LogP) is 2.38. The summed E-state index contributed by atoms with van der Waals surface area (Å²) in [6, 6.07) is 7.15. The number of benzene rings is 1. The fourth-order valence-corrected chi connectivity index (χ4v) is 2.39. The maximum Gasteiger partial charge on any atom is 0.126 e. The molecular weight excluding hydrogens is 217 g/mol. The quantitative estimate of drug-likeness (QED) is 0.820. The lowest BCUT2D eigenvalue weighted by Crippen LogP contribution is -2.42. The summed E-state index contributed by atoms with van der Waals surface area (Å²) < 4.78 is 19.2. The van der Waals surface area contributed by atoms with Gasteiger partial charge in [-0.25, -0.2) is 4.39 Å². The van der Waals surface area contributed by atoms with E-state index in [4.69, 9.17) is 4.74 Å². The van der Waals surface area contributed by atoms with Crippen LogP contribution in [0.5, 0.6) is 0 Å². The van der Waals surface area contributed by atoms with E-state index in [1.165, 1.54) is 18.9 Å². The van der Waals surface area contributed by atoms with E-state index in [1.807, 2.05) is 19.2 Å². The van der Waals surface area contributed by atoms with E-state index in [2.05, 4.69) is 5.32 Å². The molecule has 1 N–H and O–H groups in total. The average Bonchev–Trinajstić information content (AvgIpc) is 3.15. The molecule has 3 heteroatoms. The average molecular weight is 237 g/mol. The second kappa shape index (κ2) is 5.61. The zero-order chi connectivity index (χ0) is 12.3. The predicted molar refractivity (Wildman–Crippen MR) is 66.5 cm³/mol. The van der Waals surface area contributed by atoms with Crippen LogP contribution in [-0.4, -0.2) is 26.3 Å². The fourth-order valence-electron chi connectivity index (χ4n) is 2.39. The van der Waals surface area contributed by atoms with Crippen LogP contribution in [0.15, 0.2) is 24.3 Å². The molecule has 0 heterocycles. The van der Waals surface area contributed by atoms with Crippen LogP contribution in [0, 0.1) is 11.7 Å². The Balaban J connectivity index is 2.06. The summed E-state index contributed by atoms with van der Waals surface area (Å²) in [6.45, 7) is 0. The Morgan fingerprint density at radius 2 is 2.12 bits per heavy atom. The van der Waals surface area contributed by atoms with Gasteiger partial charge in [-0.15, -0.1) is 0 Å². The van der Waals surface area contributed by atoms with Gasteiger partial charge in [-0.1, -0.05) is 18.2 Å².